The summed E-state index contributed by atoms with van der Waals surface area (Å²) < 4.78 is 37.1. The second kappa shape index (κ2) is 5.73. The monoisotopic (exact) mass is 293 g/mol. The van der Waals surface area contributed by atoms with Gasteiger partial charge in [0.15, 0.2) is 0 Å². The van der Waals surface area contributed by atoms with Crippen molar-refractivity contribution in [3.63, 3.8) is 0 Å². The van der Waals surface area contributed by atoms with Crippen LogP contribution in [-0.4, -0.2) is 0 Å². The minimum atomic E-state index is -4.30. The summed E-state index contributed by atoms with van der Waals surface area (Å²) in [4.78, 5) is 0. The van der Waals surface area contributed by atoms with Crippen molar-refractivity contribution < 1.29 is 13.2 Å². The number of benzene rings is 1. The molecule has 1 heterocycles. The quantitative estimate of drug-likeness (QED) is 0.881. The van der Waals surface area contributed by atoms with Crippen LogP contribution in [0, 0.1) is 0 Å². The van der Waals surface area contributed by atoms with Crippen LogP contribution in [0.3, 0.4) is 0 Å². The van der Waals surface area contributed by atoms with Crippen molar-refractivity contribution in [3.05, 3.63) is 57.8 Å². The van der Waals surface area contributed by atoms with Gasteiger partial charge in [-0.1, -0.05) is 12.1 Å². The van der Waals surface area contributed by atoms with Gasteiger partial charge in [-0.3, -0.25) is 0 Å². The first kappa shape index (κ1) is 15.0. The number of hydrogen-bond acceptors (Lipinski definition) is 2. The average Bonchev–Trinajstić information content (AvgIpc) is 2.80. The van der Waals surface area contributed by atoms with Crippen molar-refractivity contribution in [2.75, 3.05) is 0 Å². The summed E-state index contributed by atoms with van der Waals surface area (Å²) >= 11 is 1.51. The van der Waals surface area contributed by atoms with Crippen LogP contribution in [0.1, 0.15) is 22.7 Å². The first-order chi connectivity index (χ1) is 7.98. The molecule has 0 aliphatic carbocycles. The summed E-state index contributed by atoms with van der Waals surface area (Å²) in [5, 5.41) is 3.78. The fourth-order valence-corrected chi connectivity index (χ4v) is 2.22. The predicted molar refractivity (Wildman–Crippen MR) is 69.0 cm³/mol. The van der Waals surface area contributed by atoms with Crippen molar-refractivity contribution in [2.45, 2.75) is 12.2 Å². The summed E-state index contributed by atoms with van der Waals surface area (Å²) in [7, 11) is 0. The highest BCUT2D eigenvalue weighted by atomic mass is 35.5. The van der Waals surface area contributed by atoms with Crippen LogP contribution in [0.25, 0.3) is 0 Å². The fourth-order valence-electron chi connectivity index (χ4n) is 1.52. The van der Waals surface area contributed by atoms with E-state index in [4.69, 9.17) is 5.73 Å². The highest BCUT2D eigenvalue weighted by Crippen LogP contribution is 2.30. The summed E-state index contributed by atoms with van der Waals surface area (Å²) in [5.74, 6) is 0. The van der Waals surface area contributed by atoms with Gasteiger partial charge in [-0.15, -0.1) is 12.4 Å². The molecule has 0 aliphatic heterocycles. The molecule has 0 spiro atoms. The molecule has 1 nitrogen and oxygen atoms in total. The Bertz CT molecular complexity index is 479. The maximum atomic E-state index is 12.4. The van der Waals surface area contributed by atoms with Gasteiger partial charge >= 0.3 is 6.18 Å². The Hall–Kier alpha value is -1.04. The Morgan fingerprint density at radius 2 is 1.61 bits per heavy atom. The Morgan fingerprint density at radius 3 is 2.06 bits per heavy atom. The normalized spacial score (nSPS) is 12.9. The van der Waals surface area contributed by atoms with E-state index in [1.165, 1.54) is 23.5 Å². The van der Waals surface area contributed by atoms with Crippen LogP contribution in [0.5, 0.6) is 0 Å². The summed E-state index contributed by atoms with van der Waals surface area (Å²) in [6.45, 7) is 0. The van der Waals surface area contributed by atoms with Crippen molar-refractivity contribution in [1.82, 2.24) is 0 Å². The van der Waals surface area contributed by atoms with Crippen molar-refractivity contribution in [3.8, 4) is 0 Å². The minimum Gasteiger partial charge on any atom is -0.320 e. The average molecular weight is 294 g/mol. The molecule has 0 bridgehead atoms. The van der Waals surface area contributed by atoms with Crippen LogP contribution in [0.4, 0.5) is 13.2 Å². The van der Waals surface area contributed by atoms with E-state index in [0.717, 1.165) is 17.7 Å². The topological polar surface area (TPSA) is 26.0 Å². The number of hydrogen-bond donors (Lipinski definition) is 1. The van der Waals surface area contributed by atoms with Crippen LogP contribution < -0.4 is 5.73 Å². The van der Waals surface area contributed by atoms with Crippen molar-refractivity contribution in [2.24, 2.45) is 5.73 Å². The lowest BCUT2D eigenvalue weighted by Gasteiger charge is -2.12. The van der Waals surface area contributed by atoms with E-state index >= 15 is 0 Å². The van der Waals surface area contributed by atoms with E-state index in [9.17, 15) is 13.2 Å². The summed E-state index contributed by atoms with van der Waals surface area (Å²) in [5.41, 5.74) is 6.88. The van der Waals surface area contributed by atoms with Crippen molar-refractivity contribution >= 4 is 23.7 Å². The lowest BCUT2D eigenvalue weighted by Crippen LogP contribution is -2.11. The second-order valence-corrected chi connectivity index (χ2v) is 4.43. The maximum Gasteiger partial charge on any atom is 0.416 e. The molecule has 6 heteroatoms. The van der Waals surface area contributed by atoms with Gasteiger partial charge in [-0.25, -0.2) is 0 Å². The van der Waals surface area contributed by atoms with E-state index in [0.29, 0.717) is 5.56 Å². The van der Waals surface area contributed by atoms with Crippen LogP contribution in [0.2, 0.25) is 0 Å². The van der Waals surface area contributed by atoms with Gasteiger partial charge < -0.3 is 5.73 Å². The van der Waals surface area contributed by atoms with Crippen molar-refractivity contribution in [1.29, 1.82) is 0 Å². The summed E-state index contributed by atoms with van der Waals surface area (Å²) in [6.07, 6.45) is -4.30. The first-order valence-corrected chi connectivity index (χ1v) is 5.87. The standard InChI is InChI=1S/C12H10F3NS.ClH/c13-12(14,15)10-3-1-8(2-4-10)11(16)9-5-6-17-7-9;/h1-7,11H,16H2;1H/t11-;/m0./s1. The molecule has 0 saturated carbocycles. The molecule has 1 atom stereocenters. The number of nitrogens with two attached hydrogens (primary N) is 1. The fraction of sp³-hybridized carbons (Fsp3) is 0.167. The minimum absolute atomic E-state index is 0. The van der Waals surface area contributed by atoms with Crippen LogP contribution >= 0.6 is 23.7 Å². The number of halogens is 4. The molecule has 0 radical (unpaired) electrons. The van der Waals surface area contributed by atoms with Gasteiger partial charge in [0.1, 0.15) is 0 Å². The largest absolute Gasteiger partial charge is 0.416 e. The maximum absolute atomic E-state index is 12.4. The zero-order valence-corrected chi connectivity index (χ0v) is 10.8. The Labute approximate surface area is 113 Å². The molecule has 0 saturated heterocycles. The zero-order valence-electron chi connectivity index (χ0n) is 9.15. The third-order valence-electron chi connectivity index (χ3n) is 2.50. The Balaban J connectivity index is 0.00000162. The number of rotatable bonds is 2. The van der Waals surface area contributed by atoms with E-state index in [1.54, 1.807) is 0 Å². The van der Waals surface area contributed by atoms with E-state index < -0.39 is 11.7 Å². The third kappa shape index (κ3) is 3.25. The predicted octanol–water partition coefficient (Wildman–Crippen LogP) is 4.24. The highest BCUT2D eigenvalue weighted by Gasteiger charge is 2.30. The second-order valence-electron chi connectivity index (χ2n) is 3.65. The molecule has 0 unspecified atom stereocenters. The van der Waals surface area contributed by atoms with Crippen LogP contribution in [-0.2, 0) is 6.18 Å². The third-order valence-corrected chi connectivity index (χ3v) is 3.20. The van der Waals surface area contributed by atoms with Gasteiger partial charge in [-0.05, 0) is 40.1 Å². The summed E-state index contributed by atoms with van der Waals surface area (Å²) in [6, 6.07) is 6.45. The number of thiophene rings is 1. The molecular formula is C12H11ClF3NS. The number of alkyl halides is 3. The van der Waals surface area contributed by atoms with Gasteiger partial charge in [0, 0.05) is 0 Å². The molecular weight excluding hydrogens is 283 g/mol. The van der Waals surface area contributed by atoms with Gasteiger partial charge in [0.05, 0.1) is 11.6 Å². The highest BCUT2D eigenvalue weighted by molar-refractivity contribution is 7.08. The SMILES string of the molecule is Cl.N[C@@H](c1ccc(C(F)(F)F)cc1)c1ccsc1. The molecule has 0 fully saturated rings. The molecule has 2 aromatic rings. The molecule has 18 heavy (non-hydrogen) atoms. The smallest absolute Gasteiger partial charge is 0.320 e. The molecule has 1 aromatic carbocycles. The molecule has 0 amide bonds. The Kier molecular flexibility index (Phi) is 4.78. The lowest BCUT2D eigenvalue weighted by atomic mass is 10.0. The molecule has 2 rings (SSSR count). The Morgan fingerprint density at radius 1 is 1.00 bits per heavy atom. The molecule has 98 valence electrons. The van der Waals surface area contributed by atoms with E-state index in [1.807, 2.05) is 16.8 Å². The lowest BCUT2D eigenvalue weighted by molar-refractivity contribution is -0.137. The van der Waals surface area contributed by atoms with Gasteiger partial charge in [0.25, 0.3) is 0 Å². The molecule has 2 N–H and O–H groups in total. The van der Waals surface area contributed by atoms with Crippen LogP contribution in [0.15, 0.2) is 41.1 Å². The first-order valence-electron chi connectivity index (χ1n) is 4.93. The zero-order chi connectivity index (χ0) is 12.5. The molecule has 1 aromatic heterocycles. The van der Waals surface area contributed by atoms with E-state index in [2.05, 4.69) is 0 Å². The molecule has 0 aliphatic rings. The van der Waals surface area contributed by atoms with Gasteiger partial charge in [-0.2, -0.15) is 24.5 Å². The van der Waals surface area contributed by atoms with E-state index in [-0.39, 0.29) is 18.4 Å². The van der Waals surface area contributed by atoms with Gasteiger partial charge in [0.2, 0.25) is 0 Å².